The number of rotatable bonds is 6. The highest BCUT2D eigenvalue weighted by molar-refractivity contribution is 7.20. The van der Waals surface area contributed by atoms with Crippen molar-refractivity contribution in [3.63, 3.8) is 0 Å². The quantitative estimate of drug-likeness (QED) is 0.591. The van der Waals surface area contributed by atoms with Gasteiger partial charge in [0.05, 0.1) is 25.3 Å². The van der Waals surface area contributed by atoms with Gasteiger partial charge in [-0.3, -0.25) is 9.59 Å². The van der Waals surface area contributed by atoms with Gasteiger partial charge >= 0.3 is 5.97 Å². The number of aryl methyl sites for hydroxylation is 2. The van der Waals surface area contributed by atoms with Crippen LogP contribution in [-0.4, -0.2) is 42.7 Å². The first-order chi connectivity index (χ1) is 13.8. The molecule has 3 rings (SSSR count). The van der Waals surface area contributed by atoms with Crippen LogP contribution in [0.4, 0.5) is 5.69 Å². The Bertz CT molecular complexity index is 1150. The Morgan fingerprint density at radius 2 is 1.97 bits per heavy atom. The lowest BCUT2D eigenvalue weighted by Crippen LogP contribution is -2.21. The molecular weight excluding hydrogens is 398 g/mol. The van der Waals surface area contributed by atoms with Crippen molar-refractivity contribution in [3.8, 4) is 11.5 Å². The summed E-state index contributed by atoms with van der Waals surface area (Å²) in [6.45, 7) is 2.81. The van der Waals surface area contributed by atoms with Crippen LogP contribution < -0.4 is 20.3 Å². The maximum Gasteiger partial charge on any atom is 0.349 e. The number of hydrogen-bond donors (Lipinski definition) is 2. The van der Waals surface area contributed by atoms with Crippen molar-refractivity contribution in [3.05, 3.63) is 44.8 Å². The highest BCUT2D eigenvalue weighted by Crippen LogP contribution is 2.29. The number of benzene rings is 1. The van der Waals surface area contributed by atoms with E-state index < -0.39 is 18.5 Å². The highest BCUT2D eigenvalue weighted by Gasteiger charge is 2.21. The fourth-order valence-electron chi connectivity index (χ4n) is 2.73. The molecule has 0 bridgehead atoms. The minimum atomic E-state index is -0.695. The Labute approximate surface area is 169 Å². The number of hydrogen-bond acceptors (Lipinski definition) is 8. The van der Waals surface area contributed by atoms with Crippen LogP contribution in [0, 0.1) is 13.8 Å². The van der Waals surface area contributed by atoms with Crippen molar-refractivity contribution in [1.82, 2.24) is 9.97 Å². The van der Waals surface area contributed by atoms with Crippen molar-refractivity contribution < 1.29 is 23.8 Å². The average Bonchev–Trinajstić information content (AvgIpc) is 3.02. The number of esters is 1. The molecule has 10 heteroatoms. The van der Waals surface area contributed by atoms with Gasteiger partial charge in [0.2, 0.25) is 0 Å². The van der Waals surface area contributed by atoms with Crippen LogP contribution in [0.15, 0.2) is 23.0 Å². The number of carbonyl (C=O) groups excluding carboxylic acids is 2. The zero-order valence-electron chi connectivity index (χ0n) is 16.2. The molecule has 0 unspecified atom stereocenters. The first kappa shape index (κ1) is 20.3. The Kier molecular flexibility index (Phi) is 5.83. The SMILES string of the molecule is COc1ccc(NC(=O)COC(=O)c2sc3nc(C)[nH]c(=O)c3c2C)c(OC)c1. The molecule has 29 heavy (non-hydrogen) atoms. The van der Waals surface area contributed by atoms with Crippen LogP contribution in [0.1, 0.15) is 21.1 Å². The van der Waals surface area contributed by atoms with Crippen molar-refractivity contribution >= 4 is 39.1 Å². The van der Waals surface area contributed by atoms with E-state index in [9.17, 15) is 14.4 Å². The molecule has 0 aliphatic rings. The molecule has 0 saturated heterocycles. The third kappa shape index (κ3) is 4.21. The number of aromatic nitrogens is 2. The van der Waals surface area contributed by atoms with Gasteiger partial charge in [0.1, 0.15) is 27.0 Å². The molecule has 2 N–H and O–H groups in total. The van der Waals surface area contributed by atoms with Gasteiger partial charge in [-0.15, -0.1) is 11.3 Å². The first-order valence-electron chi connectivity index (χ1n) is 8.53. The molecule has 9 nitrogen and oxygen atoms in total. The molecule has 1 amide bonds. The zero-order valence-corrected chi connectivity index (χ0v) is 17.1. The van der Waals surface area contributed by atoms with Gasteiger partial charge in [0.25, 0.3) is 11.5 Å². The molecule has 0 aliphatic carbocycles. The minimum absolute atomic E-state index is 0.235. The van der Waals surface area contributed by atoms with E-state index in [1.54, 1.807) is 32.0 Å². The number of nitrogens with zero attached hydrogens (tertiary/aromatic N) is 1. The van der Waals surface area contributed by atoms with Gasteiger partial charge in [-0.1, -0.05) is 0 Å². The molecule has 152 valence electrons. The lowest BCUT2D eigenvalue weighted by Gasteiger charge is -2.11. The molecule has 0 fully saturated rings. The summed E-state index contributed by atoms with van der Waals surface area (Å²) in [4.78, 5) is 44.2. The van der Waals surface area contributed by atoms with Crippen LogP contribution in [0.5, 0.6) is 11.5 Å². The van der Waals surface area contributed by atoms with E-state index >= 15 is 0 Å². The third-order valence-corrected chi connectivity index (χ3v) is 5.29. The molecule has 0 spiro atoms. The Balaban J connectivity index is 1.70. The summed E-state index contributed by atoms with van der Waals surface area (Å²) >= 11 is 1.05. The molecular formula is C19H19N3O6S. The van der Waals surface area contributed by atoms with E-state index in [4.69, 9.17) is 14.2 Å². The lowest BCUT2D eigenvalue weighted by molar-refractivity contribution is -0.119. The van der Waals surface area contributed by atoms with E-state index in [0.29, 0.717) is 38.8 Å². The Hall–Kier alpha value is -3.40. The minimum Gasteiger partial charge on any atom is -0.497 e. The lowest BCUT2D eigenvalue weighted by atomic mass is 10.2. The van der Waals surface area contributed by atoms with Crippen molar-refractivity contribution in [2.24, 2.45) is 0 Å². The first-order valence-corrected chi connectivity index (χ1v) is 9.34. The number of methoxy groups -OCH3 is 2. The summed E-state index contributed by atoms with van der Waals surface area (Å²) < 4.78 is 15.4. The molecule has 2 heterocycles. The number of amides is 1. The van der Waals surface area contributed by atoms with E-state index in [0.717, 1.165) is 11.3 Å². The summed E-state index contributed by atoms with van der Waals surface area (Å²) in [5.41, 5.74) is 0.573. The molecule has 3 aromatic rings. The third-order valence-electron chi connectivity index (χ3n) is 4.12. The molecule has 0 radical (unpaired) electrons. The fourth-order valence-corrected chi connectivity index (χ4v) is 3.85. The highest BCUT2D eigenvalue weighted by atomic mass is 32.1. The van der Waals surface area contributed by atoms with Crippen LogP contribution in [-0.2, 0) is 9.53 Å². The number of anilines is 1. The zero-order chi connectivity index (χ0) is 21.1. The smallest absolute Gasteiger partial charge is 0.349 e. The second-order valence-corrected chi connectivity index (χ2v) is 7.08. The van der Waals surface area contributed by atoms with Gasteiger partial charge in [0, 0.05) is 6.07 Å². The number of nitrogens with one attached hydrogen (secondary N) is 2. The van der Waals surface area contributed by atoms with Crippen molar-refractivity contribution in [1.29, 1.82) is 0 Å². The van der Waals surface area contributed by atoms with Crippen LogP contribution >= 0.6 is 11.3 Å². The second-order valence-electron chi connectivity index (χ2n) is 6.08. The second kappa shape index (κ2) is 8.31. The predicted molar refractivity (Wildman–Crippen MR) is 108 cm³/mol. The number of thiophene rings is 1. The summed E-state index contributed by atoms with van der Waals surface area (Å²) in [5.74, 6) is 0.207. The fraction of sp³-hybridized carbons (Fsp3) is 0.263. The van der Waals surface area contributed by atoms with Gasteiger partial charge in [0.15, 0.2) is 6.61 Å². The topological polar surface area (TPSA) is 120 Å². The summed E-state index contributed by atoms with van der Waals surface area (Å²) in [6, 6.07) is 4.90. The maximum absolute atomic E-state index is 12.4. The number of H-pyrrole nitrogens is 1. The van der Waals surface area contributed by atoms with E-state index in [2.05, 4.69) is 15.3 Å². The van der Waals surface area contributed by atoms with Crippen molar-refractivity contribution in [2.75, 3.05) is 26.1 Å². The molecule has 0 aliphatic heterocycles. The molecule has 1 aromatic carbocycles. The molecule has 0 saturated carbocycles. The normalized spacial score (nSPS) is 10.6. The number of ether oxygens (including phenoxy) is 3. The Morgan fingerprint density at radius 1 is 1.21 bits per heavy atom. The summed E-state index contributed by atoms with van der Waals surface area (Å²) in [5, 5.41) is 2.96. The van der Waals surface area contributed by atoms with Crippen LogP contribution in [0.2, 0.25) is 0 Å². The maximum atomic E-state index is 12.4. The molecule has 0 atom stereocenters. The van der Waals surface area contributed by atoms with Crippen LogP contribution in [0.25, 0.3) is 10.2 Å². The predicted octanol–water partition coefficient (Wildman–Crippen LogP) is 2.41. The standard InChI is InChI=1S/C19H19N3O6S/c1-9-15-17(24)20-10(2)21-18(15)29-16(9)19(25)28-8-14(23)22-12-6-5-11(26-3)7-13(12)27-4/h5-7H,8H2,1-4H3,(H,22,23)(H,20,21,24). The van der Waals surface area contributed by atoms with Gasteiger partial charge in [-0.2, -0.15) is 0 Å². The molecule has 2 aromatic heterocycles. The van der Waals surface area contributed by atoms with Crippen LogP contribution in [0.3, 0.4) is 0 Å². The number of fused-ring (bicyclic) bond motifs is 1. The Morgan fingerprint density at radius 3 is 2.66 bits per heavy atom. The van der Waals surface area contributed by atoms with Gasteiger partial charge in [-0.05, 0) is 31.5 Å². The summed E-state index contributed by atoms with van der Waals surface area (Å²) in [7, 11) is 2.99. The average molecular weight is 417 g/mol. The monoisotopic (exact) mass is 417 g/mol. The van der Waals surface area contributed by atoms with E-state index in [1.807, 2.05) is 0 Å². The van der Waals surface area contributed by atoms with E-state index in [-0.39, 0.29) is 10.4 Å². The van der Waals surface area contributed by atoms with E-state index in [1.165, 1.54) is 14.2 Å². The number of carbonyl (C=O) groups is 2. The van der Waals surface area contributed by atoms with Gasteiger partial charge in [-0.25, -0.2) is 9.78 Å². The number of aromatic amines is 1. The summed E-state index contributed by atoms with van der Waals surface area (Å²) in [6.07, 6.45) is 0. The largest absolute Gasteiger partial charge is 0.497 e. The van der Waals surface area contributed by atoms with Crippen molar-refractivity contribution in [2.45, 2.75) is 13.8 Å². The van der Waals surface area contributed by atoms with Gasteiger partial charge < -0.3 is 24.5 Å².